The standard InChI is InChI=1S/C26H34N6O4.C24H30N6O5.C23H25Cl2N7O5.C22H24F2N6O5/c1-7-22(33)28-18-10-8-9-11-19(18)29-25-27-13-17-14-32(26(34)31(4)24(17)30-25)23-15(2)20(35-5)12-21(36-6)16(23)3;1-7-20(31)26-16-11-35-12-17(16)27-23-25-9-15-10-30(24(32)29(4)22(15)28-23)21-13(2)18(33-5)8-19(34-6)14(21)3;1-5-16(33)28-13-9-26-17(34)6-12(13)29-22-27-8-11-10-32(23(35)31(2)21(11)30-22)20-18(24)14(36-3)7-15(37-4)19(20)25;1-5-16(31)26-12-9-35-10-13(12)27-21-25-7-11-8-30(22(32)29(2)20(11)28-21)19-17(23)14(33-3)6-15(34-4)18(19)24/h7,12-13,18-19H,1,8-11,14H2,2-6H3,(H,28,33)(H,27,29,30);7-9,16-17H,1,10-12H2,2-6H3,(H,26,31)(H,25,27,28);5,7-8,12-13H,1,6,9-10H2,2-4H3,(H,26,34)(H,28,33)(H,27,29,30);5-7,12-13H,1,8-10H2,2-4H3,(H,26,31)(H,25,27,28)/t18-,19+;;;/m0.../s1. The summed E-state index contributed by atoms with van der Waals surface area (Å²) in [4.78, 5) is 160. The van der Waals surface area contributed by atoms with Crippen molar-refractivity contribution in [1.29, 1.82) is 0 Å². The second-order valence-corrected chi connectivity index (χ2v) is 34.6. The average Bonchev–Trinajstić information content (AvgIpc) is 0.955. The Morgan fingerprint density at radius 1 is 0.385 bits per heavy atom. The van der Waals surface area contributed by atoms with Gasteiger partial charge in [-0.25, -0.2) is 47.9 Å². The number of ether oxygens (including phenoxy) is 10. The van der Waals surface area contributed by atoms with Crippen molar-refractivity contribution in [2.24, 2.45) is 0 Å². The minimum absolute atomic E-state index is 0.00338. The number of urea groups is 4. The maximum Gasteiger partial charge on any atom is 0.330 e. The Morgan fingerprint density at radius 2 is 0.657 bits per heavy atom. The third-order valence-corrected chi connectivity index (χ3v) is 25.9. The first-order valence-corrected chi connectivity index (χ1v) is 45.8. The van der Waals surface area contributed by atoms with Gasteiger partial charge in [0.15, 0.2) is 23.1 Å². The number of carbonyl (C=O) groups is 9. The van der Waals surface area contributed by atoms with Crippen molar-refractivity contribution in [1.82, 2.24) is 66.5 Å². The number of fused-ring (bicyclic) bond motifs is 4. The molecule has 8 aromatic rings. The molecule has 4 aromatic heterocycles. The lowest BCUT2D eigenvalue weighted by molar-refractivity contribution is -0.124. The molecule has 4 fully saturated rings. The van der Waals surface area contributed by atoms with Gasteiger partial charge in [-0.05, 0) is 64.8 Å². The van der Waals surface area contributed by atoms with Gasteiger partial charge in [0.2, 0.25) is 53.3 Å². The third-order valence-electron chi connectivity index (χ3n) is 25.2. The second-order valence-electron chi connectivity index (χ2n) is 33.8. The van der Waals surface area contributed by atoms with Crippen molar-refractivity contribution in [2.75, 3.05) is 179 Å². The summed E-state index contributed by atoms with van der Waals surface area (Å²) in [7, 11) is 18.1. The summed E-state index contributed by atoms with van der Waals surface area (Å²) in [6.07, 6.45) is 15.3. The van der Waals surface area contributed by atoms with Gasteiger partial charge >= 0.3 is 24.1 Å². The fourth-order valence-electron chi connectivity index (χ4n) is 17.7. The van der Waals surface area contributed by atoms with E-state index in [4.69, 9.17) is 70.6 Å². The van der Waals surface area contributed by atoms with Crippen molar-refractivity contribution in [2.45, 2.75) is 134 Å². The summed E-state index contributed by atoms with van der Waals surface area (Å²) < 4.78 is 83.7. The molecule has 16 rings (SSSR count). The summed E-state index contributed by atoms with van der Waals surface area (Å²) in [5.41, 5.74) is 7.18. The fourth-order valence-corrected chi connectivity index (χ4v) is 18.4. The van der Waals surface area contributed by atoms with Gasteiger partial charge in [0.1, 0.15) is 73.5 Å². The molecule has 13 amide bonds. The van der Waals surface area contributed by atoms with E-state index in [0.717, 1.165) is 87.5 Å². The fraction of sp³-hybridized carbons (Fsp3) is 0.400. The van der Waals surface area contributed by atoms with Crippen LogP contribution in [0.4, 0.5) is 97.8 Å². The molecule has 1 aliphatic carbocycles. The summed E-state index contributed by atoms with van der Waals surface area (Å²) in [6.45, 7) is 23.7. The van der Waals surface area contributed by atoms with E-state index in [1.54, 1.807) is 78.0 Å². The molecular weight excluding hydrogens is 1900 g/mol. The zero-order valence-corrected chi connectivity index (χ0v) is 83.2. The SMILES string of the molecule is C=CC(=O)NC1CNC(=O)CC1Nc1ncc2c(n1)N(C)C(=O)N(c1c(Cl)c(OC)cc(OC)c1Cl)C2.C=CC(=O)NC1COCC1Nc1ncc2c(n1)N(C)C(=O)N(c1c(C)c(OC)cc(OC)c1C)C2.C=CC(=O)NC1COCC1Nc1ncc2c(n1)N(C)C(=O)N(c1c(F)c(OC)cc(OC)c1F)C2.C=CC(=O)N[C@H]1CCCC[C@H]1Nc1ncc2c(n1)N(C)C(=O)N(c1c(C)c(OC)cc(OC)c1C)C2. The van der Waals surface area contributed by atoms with Crippen LogP contribution in [0.5, 0.6) is 46.0 Å². The van der Waals surface area contributed by atoms with Gasteiger partial charge in [-0.2, -0.15) is 19.9 Å². The van der Waals surface area contributed by atoms with E-state index in [2.05, 4.69) is 114 Å². The second kappa shape index (κ2) is 45.9. The molecule has 1 saturated carbocycles. The first-order chi connectivity index (χ1) is 68.5. The van der Waals surface area contributed by atoms with Gasteiger partial charge in [-0.3, -0.25) is 63.2 Å². The van der Waals surface area contributed by atoms with Crippen molar-refractivity contribution >= 4 is 147 Å². The van der Waals surface area contributed by atoms with Gasteiger partial charge < -0.3 is 95.2 Å². The predicted molar refractivity (Wildman–Crippen MR) is 531 cm³/mol. The number of amides is 13. The summed E-state index contributed by atoms with van der Waals surface area (Å²) in [5.74, 6) is 2.09. The van der Waals surface area contributed by atoms with Crippen LogP contribution in [0.3, 0.4) is 0 Å². The molecule has 44 nitrogen and oxygen atoms in total. The molecule has 0 spiro atoms. The van der Waals surface area contributed by atoms with E-state index in [0.29, 0.717) is 114 Å². The highest BCUT2D eigenvalue weighted by Gasteiger charge is 2.43. The van der Waals surface area contributed by atoms with Crippen LogP contribution in [-0.2, 0) is 59.6 Å². The molecule has 143 heavy (non-hydrogen) atoms. The first kappa shape index (κ1) is 105. The van der Waals surface area contributed by atoms with Crippen LogP contribution < -0.4 is 125 Å². The van der Waals surface area contributed by atoms with E-state index < -0.39 is 41.5 Å². The number of methoxy groups -OCH3 is 8. The highest BCUT2D eigenvalue weighted by atomic mass is 35.5. The molecule has 760 valence electrons. The Bertz CT molecular complexity index is 6000. The zero-order valence-electron chi connectivity index (χ0n) is 81.7. The monoisotopic (exact) mass is 2020 g/mol. The van der Waals surface area contributed by atoms with Gasteiger partial charge in [-0.1, -0.05) is 62.4 Å². The molecule has 11 heterocycles. The smallest absolute Gasteiger partial charge is 0.330 e. The lowest BCUT2D eigenvalue weighted by Gasteiger charge is -2.36. The van der Waals surface area contributed by atoms with E-state index in [1.165, 1.54) is 90.5 Å². The minimum atomic E-state index is -1.04. The highest BCUT2D eigenvalue weighted by molar-refractivity contribution is 6.42. The number of rotatable bonds is 28. The van der Waals surface area contributed by atoms with Crippen LogP contribution in [0.1, 0.15) is 76.6 Å². The lowest BCUT2D eigenvalue weighted by Crippen LogP contribution is -2.58. The van der Waals surface area contributed by atoms with Crippen molar-refractivity contribution < 1.29 is 99.3 Å². The number of hydrogen-bond donors (Lipinski definition) is 9. The van der Waals surface area contributed by atoms with Crippen molar-refractivity contribution in [3.63, 3.8) is 0 Å². The number of nitrogens with zero attached hydrogens (tertiary/aromatic N) is 16. The van der Waals surface area contributed by atoms with Crippen LogP contribution in [0.15, 0.2) is 99.7 Å². The predicted octanol–water partition coefficient (Wildman–Crippen LogP) is 10.1. The molecule has 48 heteroatoms. The van der Waals surface area contributed by atoms with E-state index >= 15 is 8.78 Å². The minimum Gasteiger partial charge on any atom is -0.496 e. The quantitative estimate of drug-likeness (QED) is 0.0206. The number of hydrogen-bond acceptors (Lipinski definition) is 31. The summed E-state index contributed by atoms with van der Waals surface area (Å²) >= 11 is 13.1. The van der Waals surface area contributed by atoms with Crippen molar-refractivity contribution in [3.05, 3.63) is 166 Å². The number of nitrogens with one attached hydrogen (secondary N) is 9. The van der Waals surface area contributed by atoms with Crippen LogP contribution in [0, 0.1) is 39.3 Å². The molecule has 9 N–H and O–H groups in total. The van der Waals surface area contributed by atoms with Crippen molar-refractivity contribution in [3.8, 4) is 46.0 Å². The summed E-state index contributed by atoms with van der Waals surface area (Å²) in [6, 6.07) is 2.64. The molecule has 0 radical (unpaired) electrons. The number of halogens is 4. The normalized spacial score (nSPS) is 19.3. The number of anilines is 12. The number of carbonyl (C=O) groups excluding carboxylic acids is 9. The molecule has 8 atom stereocenters. The molecule has 6 unspecified atom stereocenters. The van der Waals surface area contributed by atoms with Gasteiger partial charge in [0, 0.05) is 147 Å². The van der Waals surface area contributed by atoms with E-state index in [9.17, 15) is 43.2 Å². The molecule has 4 aromatic carbocycles. The topological polar surface area (TPSA) is 483 Å². The maximum absolute atomic E-state index is 15.0. The number of piperidine rings is 1. The first-order valence-electron chi connectivity index (χ1n) is 45.0. The molecule has 7 aliphatic heterocycles. The largest absolute Gasteiger partial charge is 0.496 e. The Kier molecular flexibility index (Phi) is 33.6. The lowest BCUT2D eigenvalue weighted by atomic mass is 9.90. The molecular formula is C95H113Cl2F2N25O19. The maximum atomic E-state index is 15.0. The van der Waals surface area contributed by atoms with E-state index in [-0.39, 0.29) is 149 Å². The number of benzene rings is 4. The van der Waals surface area contributed by atoms with Crippen LogP contribution >= 0.6 is 23.2 Å². The highest BCUT2D eigenvalue weighted by Crippen LogP contribution is 2.50. The Hall–Kier alpha value is -15.5. The number of aromatic nitrogens is 8. The van der Waals surface area contributed by atoms with Crippen LogP contribution in [0.2, 0.25) is 10.0 Å². The molecule has 3 saturated heterocycles. The third kappa shape index (κ3) is 22.3. The van der Waals surface area contributed by atoms with Gasteiger partial charge in [0.05, 0.1) is 163 Å². The molecule has 0 bridgehead atoms. The Morgan fingerprint density at radius 3 is 0.986 bits per heavy atom. The van der Waals surface area contributed by atoms with Crippen LogP contribution in [-0.4, -0.2) is 260 Å². The van der Waals surface area contributed by atoms with Gasteiger partial charge in [-0.15, -0.1) is 0 Å². The van der Waals surface area contributed by atoms with Crippen LogP contribution in [0.25, 0.3) is 0 Å². The molecule has 8 aliphatic rings. The van der Waals surface area contributed by atoms with Gasteiger partial charge in [0.25, 0.3) is 0 Å². The average molecular weight is 2020 g/mol. The van der Waals surface area contributed by atoms with E-state index in [1.807, 2.05) is 39.8 Å². The zero-order chi connectivity index (χ0) is 103. The Labute approximate surface area is 832 Å². The Balaban J connectivity index is 0.000000160. The summed E-state index contributed by atoms with van der Waals surface area (Å²) in [5, 5.41) is 27.2.